The second-order valence-electron chi connectivity index (χ2n) is 4.99. The van der Waals surface area contributed by atoms with Crippen molar-refractivity contribution in [3.63, 3.8) is 0 Å². The summed E-state index contributed by atoms with van der Waals surface area (Å²) in [4.78, 5) is 12.0. The van der Waals surface area contributed by atoms with Gasteiger partial charge in [-0.15, -0.1) is 0 Å². The van der Waals surface area contributed by atoms with Gasteiger partial charge in [0.1, 0.15) is 0 Å². The van der Waals surface area contributed by atoms with E-state index in [2.05, 4.69) is 18.3 Å². The van der Waals surface area contributed by atoms with E-state index >= 15 is 0 Å². The van der Waals surface area contributed by atoms with Gasteiger partial charge in [0.05, 0.1) is 5.92 Å². The Morgan fingerprint density at radius 1 is 1.50 bits per heavy atom. The largest absolute Gasteiger partial charge is 0.396 e. The summed E-state index contributed by atoms with van der Waals surface area (Å²) in [5, 5.41) is 11.9. The van der Waals surface area contributed by atoms with Crippen molar-refractivity contribution in [3.8, 4) is 0 Å². The monoisotopic (exact) mass is 247 g/mol. The maximum absolute atomic E-state index is 12.0. The molecule has 0 heterocycles. The molecule has 0 fully saturated rings. The fourth-order valence-electron chi connectivity index (χ4n) is 2.49. The molecule has 1 amide bonds. The van der Waals surface area contributed by atoms with E-state index in [0.29, 0.717) is 12.5 Å². The number of aliphatic hydroxyl groups excluding tert-OH is 1. The van der Waals surface area contributed by atoms with Gasteiger partial charge < -0.3 is 10.4 Å². The van der Waals surface area contributed by atoms with Crippen LogP contribution in [0.2, 0.25) is 0 Å². The summed E-state index contributed by atoms with van der Waals surface area (Å²) in [5.41, 5.74) is 2.46. The van der Waals surface area contributed by atoms with Crippen molar-refractivity contribution in [2.24, 2.45) is 5.92 Å². The van der Waals surface area contributed by atoms with E-state index in [1.807, 2.05) is 18.2 Å². The molecule has 3 nitrogen and oxygen atoms in total. The Kier molecular flexibility index (Phi) is 4.37. The fraction of sp³-hybridized carbons (Fsp3) is 0.533. The molecule has 0 radical (unpaired) electrons. The number of hydrogen-bond donors (Lipinski definition) is 2. The lowest BCUT2D eigenvalue weighted by atomic mass is 9.77. The van der Waals surface area contributed by atoms with Gasteiger partial charge in [-0.25, -0.2) is 0 Å². The molecule has 0 bridgehead atoms. The molecule has 2 N–H and O–H groups in total. The Balaban J connectivity index is 1.84. The van der Waals surface area contributed by atoms with E-state index in [1.165, 1.54) is 11.1 Å². The smallest absolute Gasteiger partial charge is 0.227 e. The van der Waals surface area contributed by atoms with Crippen LogP contribution in [0.15, 0.2) is 24.3 Å². The highest BCUT2D eigenvalue weighted by atomic mass is 16.3. The van der Waals surface area contributed by atoms with Crippen LogP contribution in [-0.2, 0) is 11.2 Å². The molecule has 1 aliphatic rings. The zero-order valence-electron chi connectivity index (χ0n) is 10.9. The summed E-state index contributed by atoms with van der Waals surface area (Å²) in [7, 11) is 0. The molecule has 0 aromatic heterocycles. The van der Waals surface area contributed by atoms with Gasteiger partial charge in [-0.3, -0.25) is 4.79 Å². The molecular weight excluding hydrogens is 226 g/mol. The minimum atomic E-state index is 0.0350. The summed E-state index contributed by atoms with van der Waals surface area (Å²) < 4.78 is 0. The van der Waals surface area contributed by atoms with E-state index in [1.54, 1.807) is 0 Å². The highest BCUT2D eigenvalue weighted by molar-refractivity contribution is 5.86. The zero-order valence-corrected chi connectivity index (χ0v) is 10.9. The van der Waals surface area contributed by atoms with Gasteiger partial charge in [0.15, 0.2) is 0 Å². The standard InChI is InChI=1S/C15H21NO2/c1-2-11(7-8-17)10-16-15(18)14-9-12-5-3-4-6-13(12)14/h3-6,11,14,17H,2,7-10H2,1H3,(H,16,18). The van der Waals surface area contributed by atoms with Gasteiger partial charge in [-0.1, -0.05) is 37.6 Å². The molecule has 1 aromatic carbocycles. The normalized spacial score (nSPS) is 18.7. The Bertz CT molecular complexity index is 417. The van der Waals surface area contributed by atoms with Crippen LogP contribution < -0.4 is 5.32 Å². The van der Waals surface area contributed by atoms with Crippen LogP contribution >= 0.6 is 0 Å². The van der Waals surface area contributed by atoms with Crippen molar-refractivity contribution < 1.29 is 9.90 Å². The predicted molar refractivity (Wildman–Crippen MR) is 71.4 cm³/mol. The molecule has 1 aromatic rings. The van der Waals surface area contributed by atoms with Crippen molar-refractivity contribution in [2.75, 3.05) is 13.2 Å². The van der Waals surface area contributed by atoms with Crippen LogP contribution in [0.1, 0.15) is 36.8 Å². The molecule has 2 unspecified atom stereocenters. The number of hydrogen-bond acceptors (Lipinski definition) is 2. The minimum absolute atomic E-state index is 0.0350. The quantitative estimate of drug-likeness (QED) is 0.806. The number of fused-ring (bicyclic) bond motifs is 1. The third kappa shape index (κ3) is 2.72. The lowest BCUT2D eigenvalue weighted by Crippen LogP contribution is -2.38. The van der Waals surface area contributed by atoms with Gasteiger partial charge in [0.25, 0.3) is 0 Å². The van der Waals surface area contributed by atoms with Crippen molar-refractivity contribution in [3.05, 3.63) is 35.4 Å². The molecule has 0 spiro atoms. The van der Waals surface area contributed by atoms with Crippen molar-refractivity contribution >= 4 is 5.91 Å². The molecule has 1 aliphatic carbocycles. The average Bonchev–Trinajstić information content (AvgIpc) is 2.36. The first-order chi connectivity index (χ1) is 8.76. The van der Waals surface area contributed by atoms with E-state index in [-0.39, 0.29) is 18.4 Å². The summed E-state index contributed by atoms with van der Waals surface area (Å²) in [5.74, 6) is 0.548. The van der Waals surface area contributed by atoms with E-state index in [9.17, 15) is 4.79 Å². The van der Waals surface area contributed by atoms with Gasteiger partial charge >= 0.3 is 0 Å². The molecule has 2 rings (SSSR count). The number of carbonyl (C=O) groups is 1. The first-order valence-corrected chi connectivity index (χ1v) is 6.72. The summed E-state index contributed by atoms with van der Waals surface area (Å²) in [6.07, 6.45) is 2.61. The van der Waals surface area contributed by atoms with Gasteiger partial charge in [0, 0.05) is 13.2 Å². The van der Waals surface area contributed by atoms with Crippen LogP contribution in [0, 0.1) is 5.92 Å². The van der Waals surface area contributed by atoms with Crippen LogP contribution in [0.3, 0.4) is 0 Å². The minimum Gasteiger partial charge on any atom is -0.396 e. The molecule has 0 saturated carbocycles. The number of aliphatic hydroxyl groups is 1. The highest BCUT2D eigenvalue weighted by Gasteiger charge is 2.31. The average molecular weight is 247 g/mol. The molecule has 98 valence electrons. The van der Waals surface area contributed by atoms with Crippen LogP contribution in [0.4, 0.5) is 0 Å². The Morgan fingerprint density at radius 3 is 2.94 bits per heavy atom. The van der Waals surface area contributed by atoms with Crippen molar-refractivity contribution in [1.29, 1.82) is 0 Å². The molecular formula is C15H21NO2. The maximum atomic E-state index is 12.0. The number of amides is 1. The number of benzene rings is 1. The van der Waals surface area contributed by atoms with Crippen molar-refractivity contribution in [1.82, 2.24) is 5.32 Å². The van der Waals surface area contributed by atoms with E-state index < -0.39 is 0 Å². The highest BCUT2D eigenvalue weighted by Crippen LogP contribution is 2.34. The number of nitrogens with one attached hydrogen (secondary N) is 1. The zero-order chi connectivity index (χ0) is 13.0. The number of carbonyl (C=O) groups excluding carboxylic acids is 1. The molecule has 0 aliphatic heterocycles. The Hall–Kier alpha value is -1.35. The fourth-order valence-corrected chi connectivity index (χ4v) is 2.49. The molecule has 0 saturated heterocycles. The van der Waals surface area contributed by atoms with Gasteiger partial charge in [-0.2, -0.15) is 0 Å². The third-order valence-corrected chi connectivity index (χ3v) is 3.85. The van der Waals surface area contributed by atoms with E-state index in [4.69, 9.17) is 5.11 Å². The first kappa shape index (κ1) is 13.1. The lowest BCUT2D eigenvalue weighted by Gasteiger charge is -2.29. The van der Waals surface area contributed by atoms with Crippen LogP contribution in [-0.4, -0.2) is 24.2 Å². The summed E-state index contributed by atoms with van der Waals surface area (Å²) >= 11 is 0. The van der Waals surface area contributed by atoms with Gasteiger partial charge in [0.2, 0.25) is 5.91 Å². The molecule has 2 atom stereocenters. The summed E-state index contributed by atoms with van der Waals surface area (Å²) in [6, 6.07) is 8.12. The topological polar surface area (TPSA) is 49.3 Å². The van der Waals surface area contributed by atoms with Crippen LogP contribution in [0.25, 0.3) is 0 Å². The van der Waals surface area contributed by atoms with E-state index in [0.717, 1.165) is 19.3 Å². The SMILES string of the molecule is CCC(CCO)CNC(=O)C1Cc2ccccc21. The third-order valence-electron chi connectivity index (χ3n) is 3.85. The van der Waals surface area contributed by atoms with Gasteiger partial charge in [-0.05, 0) is 29.9 Å². The Labute approximate surface area is 108 Å². The lowest BCUT2D eigenvalue weighted by molar-refractivity contribution is -0.123. The summed E-state index contributed by atoms with van der Waals surface area (Å²) in [6.45, 7) is 2.96. The predicted octanol–water partition coefficient (Wildman–Crippen LogP) is 1.85. The first-order valence-electron chi connectivity index (χ1n) is 6.72. The maximum Gasteiger partial charge on any atom is 0.227 e. The second kappa shape index (κ2) is 6.01. The van der Waals surface area contributed by atoms with Crippen molar-refractivity contribution in [2.45, 2.75) is 32.1 Å². The second-order valence-corrected chi connectivity index (χ2v) is 4.99. The molecule has 18 heavy (non-hydrogen) atoms. The number of rotatable bonds is 6. The Morgan fingerprint density at radius 2 is 2.28 bits per heavy atom. The molecule has 3 heteroatoms. The van der Waals surface area contributed by atoms with Crippen LogP contribution in [0.5, 0.6) is 0 Å².